The molecule has 0 unspecified atom stereocenters. The maximum Gasteiger partial charge on any atom is 0.340 e. The molecule has 0 aliphatic carbocycles. The summed E-state index contributed by atoms with van der Waals surface area (Å²) in [6.07, 6.45) is 0. The molecule has 0 radical (unpaired) electrons. The van der Waals surface area contributed by atoms with E-state index in [4.69, 9.17) is 4.74 Å². The van der Waals surface area contributed by atoms with Gasteiger partial charge in [0.15, 0.2) is 5.75 Å². The highest BCUT2D eigenvalue weighted by atomic mass is 16.5. The molecular formula is C10H9NO4. The molecule has 0 aromatic heterocycles. The lowest BCUT2D eigenvalue weighted by atomic mass is 10.1. The standard InChI is InChI=1S/C10H9NO4/c1-14-10(13)6-3-2-4-7-9(6)11-5-8(12)15-7/h2-4,11H,5H2,1H3. The summed E-state index contributed by atoms with van der Waals surface area (Å²) in [6, 6.07) is 4.86. The molecule has 0 saturated carbocycles. The predicted molar refractivity (Wildman–Crippen MR) is 51.9 cm³/mol. The summed E-state index contributed by atoms with van der Waals surface area (Å²) in [5.41, 5.74) is 0.867. The summed E-state index contributed by atoms with van der Waals surface area (Å²) in [5, 5.41) is 2.82. The van der Waals surface area contributed by atoms with E-state index in [2.05, 4.69) is 10.1 Å². The molecule has 78 valence electrons. The van der Waals surface area contributed by atoms with Gasteiger partial charge in [-0.15, -0.1) is 0 Å². The van der Waals surface area contributed by atoms with Gasteiger partial charge in [0, 0.05) is 0 Å². The van der Waals surface area contributed by atoms with Crippen molar-refractivity contribution >= 4 is 17.6 Å². The van der Waals surface area contributed by atoms with Crippen molar-refractivity contribution in [2.75, 3.05) is 19.0 Å². The Kier molecular flexibility index (Phi) is 2.29. The zero-order valence-electron chi connectivity index (χ0n) is 8.07. The van der Waals surface area contributed by atoms with Crippen molar-refractivity contribution in [3.05, 3.63) is 23.8 Å². The van der Waals surface area contributed by atoms with Gasteiger partial charge >= 0.3 is 11.9 Å². The molecule has 1 aliphatic heterocycles. The monoisotopic (exact) mass is 207 g/mol. The topological polar surface area (TPSA) is 64.6 Å². The van der Waals surface area contributed by atoms with Gasteiger partial charge in [-0.1, -0.05) is 6.07 Å². The third-order valence-electron chi connectivity index (χ3n) is 2.06. The number of nitrogens with one attached hydrogen (secondary N) is 1. The highest BCUT2D eigenvalue weighted by Crippen LogP contribution is 2.31. The fraction of sp³-hybridized carbons (Fsp3) is 0.200. The van der Waals surface area contributed by atoms with E-state index in [1.54, 1.807) is 18.2 Å². The average molecular weight is 207 g/mol. The molecule has 0 spiro atoms. The smallest absolute Gasteiger partial charge is 0.340 e. The van der Waals surface area contributed by atoms with E-state index in [0.717, 1.165) is 0 Å². The van der Waals surface area contributed by atoms with Crippen LogP contribution in [0.1, 0.15) is 10.4 Å². The second-order valence-electron chi connectivity index (χ2n) is 3.00. The number of carbonyl (C=O) groups is 2. The number of benzene rings is 1. The van der Waals surface area contributed by atoms with Crippen molar-refractivity contribution < 1.29 is 19.1 Å². The summed E-state index contributed by atoms with van der Waals surface area (Å²) in [5.74, 6) is -0.476. The second kappa shape index (κ2) is 3.61. The minimum Gasteiger partial charge on any atom is -0.465 e. The normalized spacial score (nSPS) is 13.5. The fourth-order valence-corrected chi connectivity index (χ4v) is 1.40. The molecule has 0 saturated heterocycles. The number of anilines is 1. The lowest BCUT2D eigenvalue weighted by molar-refractivity contribution is -0.132. The number of carbonyl (C=O) groups excluding carboxylic acids is 2. The number of hydrogen-bond donors (Lipinski definition) is 1. The van der Waals surface area contributed by atoms with Gasteiger partial charge in [-0.05, 0) is 12.1 Å². The van der Waals surface area contributed by atoms with Crippen molar-refractivity contribution in [2.24, 2.45) is 0 Å². The summed E-state index contributed by atoms with van der Waals surface area (Å²) >= 11 is 0. The van der Waals surface area contributed by atoms with Crippen molar-refractivity contribution in [1.82, 2.24) is 0 Å². The highest BCUT2D eigenvalue weighted by molar-refractivity contribution is 5.99. The number of ether oxygens (including phenoxy) is 2. The molecule has 1 aliphatic rings. The molecule has 5 nitrogen and oxygen atoms in total. The Morgan fingerprint density at radius 1 is 1.53 bits per heavy atom. The zero-order chi connectivity index (χ0) is 10.8. The minimum atomic E-state index is -0.461. The zero-order valence-corrected chi connectivity index (χ0v) is 8.07. The van der Waals surface area contributed by atoms with E-state index >= 15 is 0 Å². The lowest BCUT2D eigenvalue weighted by Crippen LogP contribution is -2.26. The molecule has 0 fully saturated rings. The average Bonchev–Trinajstić information content (AvgIpc) is 2.26. The molecule has 5 heteroatoms. The molecule has 1 N–H and O–H groups in total. The quantitative estimate of drug-likeness (QED) is 0.545. The van der Waals surface area contributed by atoms with Crippen molar-refractivity contribution in [2.45, 2.75) is 0 Å². The van der Waals surface area contributed by atoms with E-state index < -0.39 is 5.97 Å². The summed E-state index contributed by atoms with van der Waals surface area (Å²) in [4.78, 5) is 22.3. The van der Waals surface area contributed by atoms with Gasteiger partial charge in [-0.25, -0.2) is 9.59 Å². The lowest BCUT2D eigenvalue weighted by Gasteiger charge is -2.19. The number of hydrogen-bond acceptors (Lipinski definition) is 5. The summed E-state index contributed by atoms with van der Waals surface area (Å²) < 4.78 is 9.57. The molecule has 2 rings (SSSR count). The van der Waals surface area contributed by atoms with Crippen LogP contribution in [0.5, 0.6) is 5.75 Å². The maximum atomic E-state index is 11.4. The number of fused-ring (bicyclic) bond motifs is 1. The Balaban J connectivity index is 2.46. The van der Waals surface area contributed by atoms with Crippen LogP contribution in [0.25, 0.3) is 0 Å². The van der Waals surface area contributed by atoms with E-state index in [9.17, 15) is 9.59 Å². The number of esters is 2. The second-order valence-corrected chi connectivity index (χ2v) is 3.00. The fourth-order valence-electron chi connectivity index (χ4n) is 1.40. The first-order valence-electron chi connectivity index (χ1n) is 4.38. The maximum absolute atomic E-state index is 11.4. The van der Waals surface area contributed by atoms with Crippen LogP contribution in [-0.4, -0.2) is 25.6 Å². The molecule has 1 heterocycles. The van der Waals surface area contributed by atoms with E-state index in [0.29, 0.717) is 17.0 Å². The summed E-state index contributed by atoms with van der Waals surface area (Å²) in [7, 11) is 1.30. The summed E-state index contributed by atoms with van der Waals surface area (Å²) in [6.45, 7) is 0.0566. The van der Waals surface area contributed by atoms with Crippen LogP contribution >= 0.6 is 0 Å². The third-order valence-corrected chi connectivity index (χ3v) is 2.06. The van der Waals surface area contributed by atoms with Crippen LogP contribution in [0.4, 0.5) is 5.69 Å². The van der Waals surface area contributed by atoms with E-state index in [-0.39, 0.29) is 12.5 Å². The van der Waals surface area contributed by atoms with Crippen molar-refractivity contribution in [3.63, 3.8) is 0 Å². The van der Waals surface area contributed by atoms with Crippen molar-refractivity contribution in [1.29, 1.82) is 0 Å². The van der Waals surface area contributed by atoms with Crippen LogP contribution in [0.2, 0.25) is 0 Å². The molecule has 0 amide bonds. The first-order valence-corrected chi connectivity index (χ1v) is 4.38. The Bertz CT molecular complexity index is 427. The SMILES string of the molecule is COC(=O)c1cccc2c1NCC(=O)O2. The Morgan fingerprint density at radius 2 is 2.33 bits per heavy atom. The third kappa shape index (κ3) is 1.63. The van der Waals surface area contributed by atoms with Gasteiger partial charge in [0.25, 0.3) is 0 Å². The van der Waals surface area contributed by atoms with Gasteiger partial charge in [-0.2, -0.15) is 0 Å². The van der Waals surface area contributed by atoms with Crippen LogP contribution in [0.15, 0.2) is 18.2 Å². The van der Waals surface area contributed by atoms with Gasteiger partial charge in [0.1, 0.15) is 6.54 Å². The van der Waals surface area contributed by atoms with Gasteiger partial charge in [0.2, 0.25) is 0 Å². The van der Waals surface area contributed by atoms with Gasteiger partial charge < -0.3 is 14.8 Å². The molecular weight excluding hydrogens is 198 g/mol. The Labute approximate surface area is 86.0 Å². The van der Waals surface area contributed by atoms with Crippen molar-refractivity contribution in [3.8, 4) is 5.75 Å². The molecule has 1 aromatic rings. The minimum absolute atomic E-state index is 0.0566. The Morgan fingerprint density at radius 3 is 3.07 bits per heavy atom. The number of rotatable bonds is 1. The van der Waals surface area contributed by atoms with Crippen LogP contribution < -0.4 is 10.1 Å². The van der Waals surface area contributed by atoms with Crippen LogP contribution in [-0.2, 0) is 9.53 Å². The van der Waals surface area contributed by atoms with Gasteiger partial charge in [-0.3, -0.25) is 0 Å². The highest BCUT2D eigenvalue weighted by Gasteiger charge is 2.22. The molecule has 15 heavy (non-hydrogen) atoms. The Hall–Kier alpha value is -2.04. The predicted octanol–water partition coefficient (Wildman–Crippen LogP) is 0.804. The largest absolute Gasteiger partial charge is 0.465 e. The first-order chi connectivity index (χ1) is 7.22. The van der Waals surface area contributed by atoms with E-state index in [1.807, 2.05) is 0 Å². The number of para-hydroxylation sites is 1. The number of methoxy groups -OCH3 is 1. The first kappa shape index (κ1) is 9.51. The molecule has 1 aromatic carbocycles. The molecule has 0 bridgehead atoms. The van der Waals surface area contributed by atoms with Crippen LogP contribution in [0.3, 0.4) is 0 Å². The van der Waals surface area contributed by atoms with E-state index in [1.165, 1.54) is 7.11 Å². The molecule has 0 atom stereocenters. The van der Waals surface area contributed by atoms with Crippen LogP contribution in [0, 0.1) is 0 Å². The van der Waals surface area contributed by atoms with Gasteiger partial charge in [0.05, 0.1) is 18.4 Å².